The van der Waals surface area contributed by atoms with Crippen LogP contribution in [0.15, 0.2) is 24.3 Å². The third-order valence-corrected chi connectivity index (χ3v) is 9.39. The first-order valence-electron chi connectivity index (χ1n) is 9.99. The van der Waals surface area contributed by atoms with Crippen LogP contribution in [-0.2, 0) is 11.2 Å². The molecule has 0 saturated carbocycles. The van der Waals surface area contributed by atoms with E-state index in [-0.39, 0.29) is 40.8 Å². The van der Waals surface area contributed by atoms with Crippen molar-refractivity contribution in [3.05, 3.63) is 52.9 Å². The van der Waals surface area contributed by atoms with Crippen LogP contribution in [0.4, 0.5) is 19.3 Å². The predicted molar refractivity (Wildman–Crippen MR) is 115 cm³/mol. The summed E-state index contributed by atoms with van der Waals surface area (Å²) in [4.78, 5) is 40.8. The molecule has 3 rings (SSSR count). The van der Waals surface area contributed by atoms with Gasteiger partial charge < -0.3 is 15.5 Å². The Hall–Kier alpha value is -3.34. The van der Waals surface area contributed by atoms with Crippen molar-refractivity contribution in [1.82, 2.24) is 9.88 Å². The molecule has 1 aliphatic heterocycles. The fraction of sp³-hybridized carbons (Fsp3) is 0.333. The van der Waals surface area contributed by atoms with Crippen LogP contribution >= 0.6 is 0 Å². The number of nitrogens with zero attached hydrogens (tertiary/aromatic N) is 2. The maximum absolute atomic E-state index is 14.7. The van der Waals surface area contributed by atoms with E-state index in [9.17, 15) is 28.3 Å². The Bertz CT molecular complexity index is 1090. The van der Waals surface area contributed by atoms with Gasteiger partial charge in [0.2, 0.25) is 0 Å². The Morgan fingerprint density at radius 1 is 1.19 bits per heavy atom. The molecule has 11 heteroatoms. The van der Waals surface area contributed by atoms with Crippen molar-refractivity contribution in [3.8, 4) is 0 Å². The highest BCUT2D eigenvalue weighted by atomic mass is 28.3. The van der Waals surface area contributed by atoms with Gasteiger partial charge in [0, 0.05) is 35.1 Å². The highest BCUT2D eigenvalue weighted by Gasteiger charge is 2.37. The fourth-order valence-electron chi connectivity index (χ4n) is 3.77. The van der Waals surface area contributed by atoms with Crippen molar-refractivity contribution in [1.29, 1.82) is 0 Å². The molecule has 2 heterocycles. The number of aromatic carboxylic acids is 1. The Morgan fingerprint density at radius 3 is 2.34 bits per heavy atom. The van der Waals surface area contributed by atoms with E-state index >= 15 is 0 Å². The topological polar surface area (TPSA) is 120 Å². The van der Waals surface area contributed by atoms with Gasteiger partial charge in [0.15, 0.2) is 0 Å². The van der Waals surface area contributed by atoms with Crippen molar-refractivity contribution >= 4 is 36.9 Å². The average molecular weight is 464 g/mol. The fourth-order valence-corrected chi connectivity index (χ4v) is 5.56. The number of nitrogens with one attached hydrogen (secondary N) is 1. The molecule has 0 saturated heterocycles. The van der Waals surface area contributed by atoms with E-state index in [2.05, 4.69) is 10.3 Å². The first-order chi connectivity index (χ1) is 15.0. The molecule has 1 atom stereocenters. The molecular weight excluding hydrogens is 440 g/mol. The number of hydrogen-bond donors (Lipinski definition) is 3. The maximum atomic E-state index is 14.7. The first-order valence-corrected chi connectivity index (χ1v) is 13.2. The van der Waals surface area contributed by atoms with Gasteiger partial charge in [-0.3, -0.25) is 9.69 Å². The third-order valence-electron chi connectivity index (χ3n) is 5.79. The Morgan fingerprint density at radius 2 is 1.81 bits per heavy atom. The van der Waals surface area contributed by atoms with Gasteiger partial charge in [-0.05, 0) is 18.2 Å². The van der Waals surface area contributed by atoms with Crippen LogP contribution in [0.3, 0.4) is 0 Å². The van der Waals surface area contributed by atoms with Gasteiger partial charge in [0.05, 0.1) is 8.07 Å². The van der Waals surface area contributed by atoms with Gasteiger partial charge in [0.1, 0.15) is 23.4 Å². The molecular formula is C21H23F2N3O5Si. The molecule has 0 radical (unpaired) electrons. The molecule has 0 fully saturated rings. The standard InChI is InChI=1S/C21H23F2N3O5Si/c1-4-32(2,3)18-13(22)9-11(10-14(18)23)24-19(27)17-12-5-6-16(20(28)29)25-15(12)7-8-26(17)21(30)31/h5-6,9-10,17H,4,7-8H2,1-3H3,(H,24,27)(H,28,29)(H,30,31). The number of pyridine rings is 1. The minimum Gasteiger partial charge on any atom is -0.477 e. The molecule has 8 nitrogen and oxygen atoms in total. The summed E-state index contributed by atoms with van der Waals surface area (Å²) in [6.07, 6.45) is -1.23. The first kappa shape index (κ1) is 23.3. The summed E-state index contributed by atoms with van der Waals surface area (Å²) in [6, 6.07) is 3.86. The molecule has 170 valence electrons. The van der Waals surface area contributed by atoms with Crippen molar-refractivity contribution in [2.45, 2.75) is 38.5 Å². The van der Waals surface area contributed by atoms with Gasteiger partial charge in [-0.25, -0.2) is 23.4 Å². The lowest BCUT2D eigenvalue weighted by Crippen LogP contribution is -2.46. The molecule has 0 aliphatic carbocycles. The normalized spacial score (nSPS) is 15.8. The van der Waals surface area contributed by atoms with E-state index in [1.165, 1.54) is 12.1 Å². The number of carboxylic acids is 1. The van der Waals surface area contributed by atoms with Gasteiger partial charge in [-0.1, -0.05) is 32.1 Å². The molecule has 2 amide bonds. The predicted octanol–water partition coefficient (Wildman–Crippen LogP) is 3.21. The smallest absolute Gasteiger partial charge is 0.408 e. The number of benzene rings is 1. The van der Waals surface area contributed by atoms with Crippen LogP contribution in [0.1, 0.15) is 34.7 Å². The van der Waals surface area contributed by atoms with Crippen molar-refractivity contribution in [2.75, 3.05) is 11.9 Å². The monoisotopic (exact) mass is 463 g/mol. The van der Waals surface area contributed by atoms with E-state index < -0.39 is 43.7 Å². The molecule has 1 aromatic heterocycles. The van der Waals surface area contributed by atoms with Crippen LogP contribution in [0, 0.1) is 11.6 Å². The molecule has 0 bridgehead atoms. The quantitative estimate of drug-likeness (QED) is 0.586. The van der Waals surface area contributed by atoms with Crippen LogP contribution in [0.2, 0.25) is 19.1 Å². The molecule has 32 heavy (non-hydrogen) atoms. The van der Waals surface area contributed by atoms with E-state index in [1.54, 1.807) is 0 Å². The molecule has 0 spiro atoms. The second-order valence-electron chi connectivity index (χ2n) is 8.21. The number of aromatic nitrogens is 1. The number of hydrogen-bond acceptors (Lipinski definition) is 4. The number of amides is 2. The van der Waals surface area contributed by atoms with Crippen LogP contribution in [0.25, 0.3) is 0 Å². The summed E-state index contributed by atoms with van der Waals surface area (Å²) in [5.41, 5.74) is 0.139. The highest BCUT2D eigenvalue weighted by molar-refractivity contribution is 6.89. The zero-order valence-electron chi connectivity index (χ0n) is 17.8. The Labute approximate surface area is 183 Å². The summed E-state index contributed by atoms with van der Waals surface area (Å²) in [5, 5.41) is 21.1. The minimum atomic E-state index is -2.33. The summed E-state index contributed by atoms with van der Waals surface area (Å²) < 4.78 is 29.4. The highest BCUT2D eigenvalue weighted by Crippen LogP contribution is 2.31. The van der Waals surface area contributed by atoms with E-state index in [4.69, 9.17) is 5.11 Å². The van der Waals surface area contributed by atoms with Gasteiger partial charge in [-0.15, -0.1) is 0 Å². The van der Waals surface area contributed by atoms with Crippen molar-refractivity contribution < 1.29 is 33.4 Å². The van der Waals surface area contributed by atoms with E-state index in [0.717, 1.165) is 17.0 Å². The second-order valence-corrected chi connectivity index (χ2v) is 13.2. The van der Waals surface area contributed by atoms with Gasteiger partial charge in [-0.2, -0.15) is 0 Å². The number of rotatable bonds is 5. The average Bonchev–Trinajstić information content (AvgIpc) is 2.71. The molecule has 1 aromatic carbocycles. The third kappa shape index (κ3) is 4.33. The number of carbonyl (C=O) groups excluding carboxylic acids is 1. The SMILES string of the molecule is CC[Si](C)(C)c1c(F)cc(NC(=O)C2c3ccc(C(=O)O)nc3CCN2C(=O)O)cc1F. The largest absolute Gasteiger partial charge is 0.477 e. The van der Waals surface area contributed by atoms with Crippen LogP contribution in [0.5, 0.6) is 0 Å². The Balaban J connectivity index is 1.97. The lowest BCUT2D eigenvalue weighted by atomic mass is 9.95. The number of carboxylic acid groups (broad SMARTS) is 2. The Kier molecular flexibility index (Phi) is 6.31. The zero-order chi connectivity index (χ0) is 23.8. The van der Waals surface area contributed by atoms with E-state index in [0.29, 0.717) is 6.04 Å². The lowest BCUT2D eigenvalue weighted by Gasteiger charge is -2.34. The van der Waals surface area contributed by atoms with Gasteiger partial charge >= 0.3 is 12.1 Å². The van der Waals surface area contributed by atoms with Crippen molar-refractivity contribution in [2.24, 2.45) is 0 Å². The summed E-state index contributed by atoms with van der Waals surface area (Å²) in [5.74, 6) is -3.59. The van der Waals surface area contributed by atoms with Crippen LogP contribution < -0.4 is 10.5 Å². The second kappa shape index (κ2) is 8.65. The summed E-state index contributed by atoms with van der Waals surface area (Å²) in [6.45, 7) is 5.46. The summed E-state index contributed by atoms with van der Waals surface area (Å²) in [7, 11) is -2.33. The van der Waals surface area contributed by atoms with Crippen LogP contribution in [-0.4, -0.2) is 52.7 Å². The minimum absolute atomic E-state index is 0.0403. The maximum Gasteiger partial charge on any atom is 0.408 e. The van der Waals surface area contributed by atoms with Gasteiger partial charge in [0.25, 0.3) is 5.91 Å². The number of halogens is 2. The number of fused-ring (bicyclic) bond motifs is 1. The molecule has 2 aromatic rings. The molecule has 3 N–H and O–H groups in total. The number of anilines is 1. The molecule has 1 aliphatic rings. The number of carbonyl (C=O) groups is 3. The van der Waals surface area contributed by atoms with E-state index in [1.807, 2.05) is 20.0 Å². The summed E-state index contributed by atoms with van der Waals surface area (Å²) >= 11 is 0. The molecule has 1 unspecified atom stereocenters. The zero-order valence-corrected chi connectivity index (χ0v) is 18.8. The van der Waals surface area contributed by atoms with Crippen molar-refractivity contribution in [3.63, 3.8) is 0 Å². The lowest BCUT2D eigenvalue weighted by molar-refractivity contribution is -0.121.